The van der Waals surface area contributed by atoms with Crippen LogP contribution in [0.3, 0.4) is 0 Å². The van der Waals surface area contributed by atoms with E-state index in [1.54, 1.807) is 0 Å². The van der Waals surface area contributed by atoms with Gasteiger partial charge in [0.15, 0.2) is 5.89 Å². The van der Waals surface area contributed by atoms with E-state index in [-0.39, 0.29) is 0 Å². The highest BCUT2D eigenvalue weighted by Crippen LogP contribution is 2.22. The van der Waals surface area contributed by atoms with Gasteiger partial charge in [0, 0.05) is 31.5 Å². The number of likely N-dealkylation sites (N-methyl/N-ethyl adjacent to an activating group) is 1. The molecule has 1 aromatic heterocycles. The van der Waals surface area contributed by atoms with Crippen molar-refractivity contribution in [2.75, 3.05) is 20.1 Å². The lowest BCUT2D eigenvalue weighted by Crippen LogP contribution is -2.45. The predicted octanol–water partition coefficient (Wildman–Crippen LogP) is 2.24. The van der Waals surface area contributed by atoms with Crippen LogP contribution in [0.5, 0.6) is 0 Å². The molecule has 0 bridgehead atoms. The highest BCUT2D eigenvalue weighted by Gasteiger charge is 2.25. The molecule has 0 saturated carbocycles. The summed E-state index contributed by atoms with van der Waals surface area (Å²) in [6.07, 6.45) is 7.65. The molecule has 1 saturated heterocycles. The molecule has 1 aromatic rings. The van der Waals surface area contributed by atoms with Gasteiger partial charge in [-0.15, -0.1) is 0 Å². The van der Waals surface area contributed by atoms with Crippen molar-refractivity contribution in [3.05, 3.63) is 17.8 Å². The standard InChI is InChI=1S/C15H27N3O/c1-12(2)18-9-5-4-6-14(18)10-15-17-13(11-19-15)7-8-16-3/h11-12,14,16H,4-10H2,1-3H3. The fourth-order valence-electron chi connectivity index (χ4n) is 2.93. The number of piperidine rings is 1. The van der Waals surface area contributed by atoms with E-state index in [0.717, 1.165) is 31.0 Å². The molecule has 1 aliphatic rings. The summed E-state index contributed by atoms with van der Waals surface area (Å²) in [4.78, 5) is 7.20. The SMILES string of the molecule is CNCCc1coc(CC2CCCCN2C(C)C)n1. The summed E-state index contributed by atoms with van der Waals surface area (Å²) in [5.41, 5.74) is 1.07. The fourth-order valence-corrected chi connectivity index (χ4v) is 2.93. The minimum Gasteiger partial charge on any atom is -0.449 e. The van der Waals surface area contributed by atoms with E-state index in [1.807, 2.05) is 13.3 Å². The number of hydrogen-bond donors (Lipinski definition) is 1. The van der Waals surface area contributed by atoms with E-state index >= 15 is 0 Å². The molecular weight excluding hydrogens is 238 g/mol. The van der Waals surface area contributed by atoms with Gasteiger partial charge in [0.05, 0.1) is 5.69 Å². The summed E-state index contributed by atoms with van der Waals surface area (Å²) in [6, 6.07) is 1.22. The van der Waals surface area contributed by atoms with Crippen LogP contribution in [0.15, 0.2) is 10.7 Å². The lowest BCUT2D eigenvalue weighted by atomic mass is 9.98. The second kappa shape index (κ2) is 7.06. The van der Waals surface area contributed by atoms with Crippen LogP contribution in [-0.4, -0.2) is 42.1 Å². The zero-order valence-electron chi connectivity index (χ0n) is 12.5. The Morgan fingerprint density at radius 2 is 2.32 bits per heavy atom. The Morgan fingerprint density at radius 3 is 3.05 bits per heavy atom. The molecule has 1 unspecified atom stereocenters. The topological polar surface area (TPSA) is 41.3 Å². The summed E-state index contributed by atoms with van der Waals surface area (Å²) in [5.74, 6) is 0.906. The van der Waals surface area contributed by atoms with Crippen LogP contribution in [0, 0.1) is 0 Å². The lowest BCUT2D eigenvalue weighted by molar-refractivity contribution is 0.107. The summed E-state index contributed by atoms with van der Waals surface area (Å²) in [5, 5.41) is 3.14. The van der Waals surface area contributed by atoms with Crippen molar-refractivity contribution in [3.63, 3.8) is 0 Å². The molecule has 108 valence electrons. The first kappa shape index (κ1) is 14.5. The summed E-state index contributed by atoms with van der Waals surface area (Å²) in [6.45, 7) is 6.74. The highest BCUT2D eigenvalue weighted by molar-refractivity contribution is 4.99. The predicted molar refractivity (Wildman–Crippen MR) is 77.3 cm³/mol. The van der Waals surface area contributed by atoms with Crippen molar-refractivity contribution < 1.29 is 4.42 Å². The maximum absolute atomic E-state index is 5.63. The number of rotatable bonds is 6. The van der Waals surface area contributed by atoms with Gasteiger partial charge in [-0.3, -0.25) is 4.90 Å². The van der Waals surface area contributed by atoms with Gasteiger partial charge in [-0.25, -0.2) is 4.98 Å². The Labute approximate surface area is 116 Å². The molecule has 1 fully saturated rings. The minimum absolute atomic E-state index is 0.601. The van der Waals surface area contributed by atoms with Crippen molar-refractivity contribution in [2.24, 2.45) is 0 Å². The van der Waals surface area contributed by atoms with Crippen LogP contribution < -0.4 is 5.32 Å². The van der Waals surface area contributed by atoms with E-state index in [1.165, 1.54) is 25.8 Å². The average Bonchev–Trinajstić information content (AvgIpc) is 2.84. The van der Waals surface area contributed by atoms with Crippen LogP contribution in [0.1, 0.15) is 44.7 Å². The van der Waals surface area contributed by atoms with Gasteiger partial charge in [0.2, 0.25) is 0 Å². The van der Waals surface area contributed by atoms with Crippen molar-refractivity contribution in [3.8, 4) is 0 Å². The Hall–Kier alpha value is -0.870. The molecule has 2 rings (SSSR count). The third-order valence-electron chi connectivity index (χ3n) is 3.98. The smallest absolute Gasteiger partial charge is 0.195 e. The molecule has 4 nitrogen and oxygen atoms in total. The largest absolute Gasteiger partial charge is 0.449 e. The Kier molecular flexibility index (Phi) is 5.40. The number of hydrogen-bond acceptors (Lipinski definition) is 4. The van der Waals surface area contributed by atoms with Crippen molar-refractivity contribution in [1.82, 2.24) is 15.2 Å². The van der Waals surface area contributed by atoms with Gasteiger partial charge in [-0.05, 0) is 40.3 Å². The summed E-state index contributed by atoms with van der Waals surface area (Å²) in [7, 11) is 1.96. The number of likely N-dealkylation sites (tertiary alicyclic amines) is 1. The normalized spacial score (nSPS) is 21.2. The summed E-state index contributed by atoms with van der Waals surface area (Å²) >= 11 is 0. The van der Waals surface area contributed by atoms with Gasteiger partial charge >= 0.3 is 0 Å². The van der Waals surface area contributed by atoms with Crippen molar-refractivity contribution in [2.45, 2.75) is 58.0 Å². The number of nitrogens with zero attached hydrogens (tertiary/aromatic N) is 2. The number of oxazole rings is 1. The minimum atomic E-state index is 0.601. The van der Waals surface area contributed by atoms with Crippen molar-refractivity contribution in [1.29, 1.82) is 0 Å². The first-order valence-corrected chi connectivity index (χ1v) is 7.54. The third kappa shape index (κ3) is 4.05. The first-order valence-electron chi connectivity index (χ1n) is 7.54. The summed E-state index contributed by atoms with van der Waals surface area (Å²) < 4.78 is 5.63. The Morgan fingerprint density at radius 1 is 1.47 bits per heavy atom. The molecule has 1 aliphatic heterocycles. The lowest BCUT2D eigenvalue weighted by Gasteiger charge is -2.38. The van der Waals surface area contributed by atoms with E-state index in [0.29, 0.717) is 12.1 Å². The first-order chi connectivity index (χ1) is 9.20. The zero-order chi connectivity index (χ0) is 13.7. The van der Waals surface area contributed by atoms with Crippen LogP contribution >= 0.6 is 0 Å². The van der Waals surface area contributed by atoms with E-state index < -0.39 is 0 Å². The van der Waals surface area contributed by atoms with Gasteiger partial charge in [0.25, 0.3) is 0 Å². The van der Waals surface area contributed by atoms with Crippen LogP contribution in [0.25, 0.3) is 0 Å². The van der Waals surface area contributed by atoms with E-state index in [4.69, 9.17) is 4.42 Å². The van der Waals surface area contributed by atoms with Crippen LogP contribution in [0.4, 0.5) is 0 Å². The number of aromatic nitrogens is 1. The van der Waals surface area contributed by atoms with E-state index in [9.17, 15) is 0 Å². The van der Waals surface area contributed by atoms with Gasteiger partial charge in [0.1, 0.15) is 6.26 Å². The van der Waals surface area contributed by atoms with Gasteiger partial charge < -0.3 is 9.73 Å². The number of nitrogens with one attached hydrogen (secondary N) is 1. The molecule has 19 heavy (non-hydrogen) atoms. The molecule has 0 aliphatic carbocycles. The zero-order valence-corrected chi connectivity index (χ0v) is 12.5. The molecule has 0 aromatic carbocycles. The van der Waals surface area contributed by atoms with E-state index in [2.05, 4.69) is 29.0 Å². The molecule has 0 spiro atoms. The second-order valence-corrected chi connectivity index (χ2v) is 5.77. The van der Waals surface area contributed by atoms with Crippen LogP contribution in [0.2, 0.25) is 0 Å². The third-order valence-corrected chi connectivity index (χ3v) is 3.98. The maximum Gasteiger partial charge on any atom is 0.195 e. The van der Waals surface area contributed by atoms with Crippen LogP contribution in [-0.2, 0) is 12.8 Å². The van der Waals surface area contributed by atoms with Gasteiger partial charge in [-0.2, -0.15) is 0 Å². The molecule has 4 heteroatoms. The van der Waals surface area contributed by atoms with Crippen molar-refractivity contribution >= 4 is 0 Å². The fraction of sp³-hybridized carbons (Fsp3) is 0.800. The molecule has 0 amide bonds. The maximum atomic E-state index is 5.63. The van der Waals surface area contributed by atoms with Gasteiger partial charge in [-0.1, -0.05) is 6.42 Å². The molecular formula is C15H27N3O. The second-order valence-electron chi connectivity index (χ2n) is 5.77. The molecule has 0 radical (unpaired) electrons. The molecule has 2 heterocycles. The molecule has 1 N–H and O–H groups in total. The molecule has 1 atom stereocenters. The Bertz CT molecular complexity index is 375. The Balaban J connectivity index is 1.93. The monoisotopic (exact) mass is 265 g/mol. The highest BCUT2D eigenvalue weighted by atomic mass is 16.3. The quantitative estimate of drug-likeness (QED) is 0.856. The average molecular weight is 265 g/mol.